The number of ether oxygens (including phenoxy) is 2. The van der Waals surface area contributed by atoms with Crippen LogP contribution in [0.5, 0.6) is 0 Å². The number of piperidine rings is 1. The Hall–Kier alpha value is -1.66. The number of benzene rings is 1. The molecule has 116 valence electrons. The minimum atomic E-state index is -0.371. The number of nitro groups is 1. The summed E-state index contributed by atoms with van der Waals surface area (Å²) < 4.78 is 10.8. The van der Waals surface area contributed by atoms with E-state index >= 15 is 0 Å². The Labute approximate surface area is 124 Å². The minimum Gasteiger partial charge on any atom is -0.380 e. The summed E-state index contributed by atoms with van der Waals surface area (Å²) >= 11 is 0. The van der Waals surface area contributed by atoms with Crippen LogP contribution in [0, 0.1) is 10.1 Å². The third-order valence-electron chi connectivity index (χ3n) is 3.76. The van der Waals surface area contributed by atoms with Crippen molar-refractivity contribution in [1.29, 1.82) is 0 Å². The summed E-state index contributed by atoms with van der Waals surface area (Å²) in [5, 5.41) is 10.9. The van der Waals surface area contributed by atoms with Gasteiger partial charge in [0.15, 0.2) is 0 Å². The van der Waals surface area contributed by atoms with Crippen LogP contribution in [0.4, 0.5) is 11.4 Å². The maximum Gasteiger partial charge on any atom is 0.269 e. The molecule has 0 atom stereocenters. The zero-order valence-corrected chi connectivity index (χ0v) is 12.6. The maximum atomic E-state index is 10.9. The maximum absolute atomic E-state index is 10.9. The van der Waals surface area contributed by atoms with Gasteiger partial charge in [0.1, 0.15) is 0 Å². The number of methoxy groups -OCH3 is 1. The monoisotopic (exact) mass is 294 g/mol. The predicted octanol–water partition coefficient (Wildman–Crippen LogP) is 2.75. The molecule has 1 aromatic rings. The van der Waals surface area contributed by atoms with Crippen LogP contribution in [-0.2, 0) is 16.1 Å². The van der Waals surface area contributed by atoms with Gasteiger partial charge in [-0.05, 0) is 25.8 Å². The van der Waals surface area contributed by atoms with Crippen LogP contribution in [0.3, 0.4) is 0 Å². The molecule has 1 aromatic carbocycles. The summed E-state index contributed by atoms with van der Waals surface area (Å²) in [7, 11) is 1.60. The van der Waals surface area contributed by atoms with Gasteiger partial charge < -0.3 is 14.4 Å². The molecule has 1 aliphatic rings. The van der Waals surface area contributed by atoms with E-state index in [1.54, 1.807) is 19.2 Å². The lowest BCUT2D eigenvalue weighted by Crippen LogP contribution is -2.37. The van der Waals surface area contributed by atoms with E-state index in [1.807, 2.05) is 13.0 Å². The van der Waals surface area contributed by atoms with Gasteiger partial charge in [0.25, 0.3) is 5.69 Å². The highest BCUT2D eigenvalue weighted by Gasteiger charge is 2.22. The molecule has 1 aliphatic heterocycles. The zero-order chi connectivity index (χ0) is 15.2. The summed E-state index contributed by atoms with van der Waals surface area (Å²) in [6.45, 7) is 4.94. The van der Waals surface area contributed by atoms with Gasteiger partial charge in [0, 0.05) is 50.2 Å². The molecule has 0 N–H and O–H groups in total. The topological polar surface area (TPSA) is 64.8 Å². The Morgan fingerprint density at radius 1 is 1.38 bits per heavy atom. The van der Waals surface area contributed by atoms with Crippen molar-refractivity contribution < 1.29 is 14.4 Å². The van der Waals surface area contributed by atoms with E-state index < -0.39 is 0 Å². The fraction of sp³-hybridized carbons (Fsp3) is 0.600. The molecule has 6 nitrogen and oxygen atoms in total. The number of hydrogen-bond donors (Lipinski definition) is 0. The molecule has 0 bridgehead atoms. The molecule has 0 amide bonds. The van der Waals surface area contributed by atoms with Crippen LogP contribution in [0.25, 0.3) is 0 Å². The summed E-state index contributed by atoms with van der Waals surface area (Å²) in [6.07, 6.45) is 2.30. The lowest BCUT2D eigenvalue weighted by molar-refractivity contribution is -0.384. The van der Waals surface area contributed by atoms with Crippen molar-refractivity contribution in [2.75, 3.05) is 31.7 Å². The van der Waals surface area contributed by atoms with E-state index in [0.717, 1.165) is 43.8 Å². The van der Waals surface area contributed by atoms with Crippen molar-refractivity contribution in [3.63, 3.8) is 0 Å². The average molecular weight is 294 g/mol. The summed E-state index contributed by atoms with van der Waals surface area (Å²) in [5.74, 6) is 0. The number of nitro benzene ring substituents is 1. The first-order valence-corrected chi connectivity index (χ1v) is 7.28. The quantitative estimate of drug-likeness (QED) is 0.596. The third-order valence-corrected chi connectivity index (χ3v) is 3.76. The Morgan fingerprint density at radius 2 is 2.10 bits per heavy atom. The Bertz CT molecular complexity index is 485. The van der Waals surface area contributed by atoms with Crippen LogP contribution in [-0.4, -0.2) is 37.8 Å². The number of anilines is 1. The normalized spacial score (nSPS) is 16.2. The number of non-ortho nitro benzene ring substituents is 1. The van der Waals surface area contributed by atoms with E-state index in [9.17, 15) is 10.1 Å². The molecular weight excluding hydrogens is 272 g/mol. The second-order valence-corrected chi connectivity index (χ2v) is 5.14. The number of rotatable bonds is 6. The molecule has 0 spiro atoms. The van der Waals surface area contributed by atoms with Gasteiger partial charge in [-0.2, -0.15) is 0 Å². The lowest BCUT2D eigenvalue weighted by atomic mass is 10.0. The molecule has 2 rings (SSSR count). The highest BCUT2D eigenvalue weighted by Crippen LogP contribution is 2.29. The zero-order valence-electron chi connectivity index (χ0n) is 12.6. The molecule has 21 heavy (non-hydrogen) atoms. The molecule has 1 saturated heterocycles. The first kappa shape index (κ1) is 15.7. The van der Waals surface area contributed by atoms with E-state index in [4.69, 9.17) is 9.47 Å². The second kappa shape index (κ2) is 7.38. The first-order valence-electron chi connectivity index (χ1n) is 7.28. The Balaban J connectivity index is 2.13. The highest BCUT2D eigenvalue weighted by molar-refractivity contribution is 5.58. The van der Waals surface area contributed by atoms with Crippen LogP contribution < -0.4 is 4.90 Å². The smallest absolute Gasteiger partial charge is 0.269 e. The van der Waals surface area contributed by atoms with E-state index in [1.165, 1.54) is 0 Å². The van der Waals surface area contributed by atoms with Gasteiger partial charge in [0.05, 0.1) is 17.6 Å². The summed E-state index contributed by atoms with van der Waals surface area (Å²) in [5.41, 5.74) is 1.99. The largest absolute Gasteiger partial charge is 0.380 e. The van der Waals surface area contributed by atoms with E-state index in [2.05, 4.69) is 4.90 Å². The molecule has 0 saturated carbocycles. The molecule has 0 radical (unpaired) electrons. The highest BCUT2D eigenvalue weighted by atomic mass is 16.6. The van der Waals surface area contributed by atoms with Gasteiger partial charge in [-0.3, -0.25) is 10.1 Å². The SMILES string of the molecule is CCOC1CCN(c2ccc([N+](=O)[O-])cc2COC)CC1. The van der Waals surface area contributed by atoms with Gasteiger partial charge in [-0.15, -0.1) is 0 Å². The van der Waals surface area contributed by atoms with Crippen molar-refractivity contribution in [1.82, 2.24) is 0 Å². The minimum absolute atomic E-state index is 0.106. The predicted molar refractivity (Wildman–Crippen MR) is 80.7 cm³/mol. The fourth-order valence-electron chi connectivity index (χ4n) is 2.76. The Kier molecular flexibility index (Phi) is 5.52. The van der Waals surface area contributed by atoms with Gasteiger partial charge in [0.2, 0.25) is 0 Å². The first-order chi connectivity index (χ1) is 10.2. The third kappa shape index (κ3) is 3.92. The molecular formula is C15H22N2O4. The molecule has 1 heterocycles. The number of hydrogen-bond acceptors (Lipinski definition) is 5. The molecule has 0 unspecified atom stereocenters. The summed E-state index contributed by atoms with van der Waals surface area (Å²) in [6, 6.07) is 4.99. The molecule has 0 aromatic heterocycles. The van der Waals surface area contributed by atoms with E-state index in [-0.39, 0.29) is 10.6 Å². The van der Waals surface area contributed by atoms with Crippen LogP contribution in [0.2, 0.25) is 0 Å². The van der Waals surface area contributed by atoms with Crippen LogP contribution >= 0.6 is 0 Å². The Morgan fingerprint density at radius 3 is 2.67 bits per heavy atom. The molecule has 6 heteroatoms. The van der Waals surface area contributed by atoms with Crippen molar-refractivity contribution in [2.24, 2.45) is 0 Å². The van der Waals surface area contributed by atoms with Crippen LogP contribution in [0.15, 0.2) is 18.2 Å². The molecule has 1 fully saturated rings. The van der Waals surface area contributed by atoms with Crippen molar-refractivity contribution in [3.05, 3.63) is 33.9 Å². The van der Waals surface area contributed by atoms with Crippen molar-refractivity contribution in [2.45, 2.75) is 32.5 Å². The standard InChI is InChI=1S/C15H22N2O4/c1-3-21-14-6-8-16(9-7-14)15-5-4-13(17(18)19)10-12(15)11-20-2/h4-5,10,14H,3,6-9,11H2,1-2H3. The number of nitrogens with zero attached hydrogens (tertiary/aromatic N) is 2. The van der Waals surface area contributed by atoms with Gasteiger partial charge in [-0.25, -0.2) is 0 Å². The molecule has 0 aliphatic carbocycles. The van der Waals surface area contributed by atoms with Crippen LogP contribution in [0.1, 0.15) is 25.3 Å². The van der Waals surface area contributed by atoms with Crippen molar-refractivity contribution in [3.8, 4) is 0 Å². The van der Waals surface area contributed by atoms with Crippen molar-refractivity contribution >= 4 is 11.4 Å². The summed E-state index contributed by atoms with van der Waals surface area (Å²) in [4.78, 5) is 12.8. The fourth-order valence-corrected chi connectivity index (χ4v) is 2.76. The van der Waals surface area contributed by atoms with Gasteiger partial charge >= 0.3 is 0 Å². The lowest BCUT2D eigenvalue weighted by Gasteiger charge is -2.34. The average Bonchev–Trinajstić information content (AvgIpc) is 2.49. The second-order valence-electron chi connectivity index (χ2n) is 5.14. The van der Waals surface area contributed by atoms with Gasteiger partial charge in [-0.1, -0.05) is 0 Å². The van der Waals surface area contributed by atoms with E-state index in [0.29, 0.717) is 12.7 Å².